The molecule has 1 rings (SSSR count). The van der Waals surface area contributed by atoms with E-state index in [0.29, 0.717) is 18.7 Å². The van der Waals surface area contributed by atoms with Crippen molar-refractivity contribution in [2.45, 2.75) is 39.9 Å². The molecule has 1 aromatic rings. The van der Waals surface area contributed by atoms with E-state index >= 15 is 0 Å². The average molecular weight is 283 g/mol. The van der Waals surface area contributed by atoms with Crippen molar-refractivity contribution in [2.24, 2.45) is 0 Å². The Labute approximate surface area is 119 Å². The van der Waals surface area contributed by atoms with Crippen LogP contribution < -0.4 is 4.74 Å². The zero-order valence-electron chi connectivity index (χ0n) is 12.4. The molecule has 0 bridgehead atoms. The Bertz CT molecular complexity index is 458. The SMILES string of the molecule is CCN(CC)C(=O)C(C)Oc1ccc([C@H](C)O)cc1F. The summed E-state index contributed by atoms with van der Waals surface area (Å²) in [7, 11) is 0. The van der Waals surface area contributed by atoms with Crippen molar-refractivity contribution in [3.05, 3.63) is 29.6 Å². The number of aliphatic hydroxyl groups excluding tert-OH is 1. The molecule has 0 aliphatic heterocycles. The van der Waals surface area contributed by atoms with Gasteiger partial charge in [-0.25, -0.2) is 4.39 Å². The van der Waals surface area contributed by atoms with Gasteiger partial charge in [0.05, 0.1) is 6.10 Å². The van der Waals surface area contributed by atoms with Gasteiger partial charge >= 0.3 is 0 Å². The molecule has 0 radical (unpaired) electrons. The minimum Gasteiger partial charge on any atom is -0.478 e. The van der Waals surface area contributed by atoms with Crippen LogP contribution in [0, 0.1) is 5.82 Å². The highest BCUT2D eigenvalue weighted by Crippen LogP contribution is 2.23. The van der Waals surface area contributed by atoms with Gasteiger partial charge in [-0.2, -0.15) is 0 Å². The summed E-state index contributed by atoms with van der Waals surface area (Å²) in [5, 5.41) is 9.38. The molecule has 0 fully saturated rings. The lowest BCUT2D eigenvalue weighted by Crippen LogP contribution is -2.40. The van der Waals surface area contributed by atoms with Gasteiger partial charge in [-0.1, -0.05) is 6.07 Å². The number of carbonyl (C=O) groups excluding carboxylic acids is 1. The molecule has 1 unspecified atom stereocenters. The third-order valence-corrected chi connectivity index (χ3v) is 3.16. The van der Waals surface area contributed by atoms with E-state index in [9.17, 15) is 14.3 Å². The van der Waals surface area contributed by atoms with Crippen molar-refractivity contribution in [2.75, 3.05) is 13.1 Å². The first kappa shape index (κ1) is 16.4. The zero-order valence-corrected chi connectivity index (χ0v) is 12.4. The molecule has 0 aromatic heterocycles. The summed E-state index contributed by atoms with van der Waals surface area (Å²) in [5.41, 5.74) is 0.470. The van der Waals surface area contributed by atoms with Crippen LogP contribution in [0.2, 0.25) is 0 Å². The van der Waals surface area contributed by atoms with Crippen LogP contribution in [-0.2, 0) is 4.79 Å². The van der Waals surface area contributed by atoms with Gasteiger partial charge in [0.15, 0.2) is 17.7 Å². The van der Waals surface area contributed by atoms with E-state index in [4.69, 9.17) is 4.74 Å². The van der Waals surface area contributed by atoms with Crippen molar-refractivity contribution >= 4 is 5.91 Å². The molecule has 0 saturated heterocycles. The lowest BCUT2D eigenvalue weighted by Gasteiger charge is -2.23. The number of amides is 1. The minimum absolute atomic E-state index is 0.0161. The maximum atomic E-state index is 13.8. The second-order valence-electron chi connectivity index (χ2n) is 4.64. The Morgan fingerprint density at radius 1 is 1.35 bits per heavy atom. The van der Waals surface area contributed by atoms with Crippen molar-refractivity contribution in [1.29, 1.82) is 0 Å². The molecular formula is C15H22FNO3. The number of ether oxygens (including phenoxy) is 1. The Morgan fingerprint density at radius 2 is 1.95 bits per heavy atom. The maximum absolute atomic E-state index is 13.8. The average Bonchev–Trinajstić information content (AvgIpc) is 2.41. The van der Waals surface area contributed by atoms with E-state index in [0.717, 1.165) is 0 Å². The van der Waals surface area contributed by atoms with E-state index in [1.54, 1.807) is 24.8 Å². The molecule has 0 saturated carbocycles. The molecule has 112 valence electrons. The number of rotatable bonds is 6. The van der Waals surface area contributed by atoms with Crippen molar-refractivity contribution in [1.82, 2.24) is 4.90 Å². The van der Waals surface area contributed by atoms with Gasteiger partial charge in [-0.3, -0.25) is 4.79 Å². The fourth-order valence-electron chi connectivity index (χ4n) is 1.91. The summed E-state index contributed by atoms with van der Waals surface area (Å²) >= 11 is 0. The van der Waals surface area contributed by atoms with Gasteiger partial charge in [0.2, 0.25) is 0 Å². The second kappa shape index (κ2) is 7.24. The predicted octanol–water partition coefficient (Wildman–Crippen LogP) is 2.51. The van der Waals surface area contributed by atoms with Crippen LogP contribution in [-0.4, -0.2) is 35.1 Å². The maximum Gasteiger partial charge on any atom is 0.263 e. The molecule has 20 heavy (non-hydrogen) atoms. The number of hydrogen-bond donors (Lipinski definition) is 1. The number of likely N-dealkylation sites (N-methyl/N-ethyl adjacent to an activating group) is 1. The Kier molecular flexibility index (Phi) is 5.95. The van der Waals surface area contributed by atoms with Crippen LogP contribution in [0.15, 0.2) is 18.2 Å². The molecule has 0 aliphatic rings. The van der Waals surface area contributed by atoms with Crippen LogP contribution in [0.4, 0.5) is 4.39 Å². The van der Waals surface area contributed by atoms with E-state index in [1.165, 1.54) is 12.1 Å². The Morgan fingerprint density at radius 3 is 2.40 bits per heavy atom. The topological polar surface area (TPSA) is 49.8 Å². The number of benzene rings is 1. The zero-order chi connectivity index (χ0) is 15.3. The normalized spacial score (nSPS) is 13.7. The molecule has 1 aromatic carbocycles. The van der Waals surface area contributed by atoms with Gasteiger partial charge in [-0.15, -0.1) is 0 Å². The molecule has 1 amide bonds. The van der Waals surface area contributed by atoms with Crippen LogP contribution in [0.3, 0.4) is 0 Å². The molecule has 0 heterocycles. The highest BCUT2D eigenvalue weighted by atomic mass is 19.1. The molecule has 1 N–H and O–H groups in total. The number of halogens is 1. The van der Waals surface area contributed by atoms with E-state index in [2.05, 4.69) is 0 Å². The van der Waals surface area contributed by atoms with Gasteiger partial charge in [0, 0.05) is 13.1 Å². The standard InChI is InChI=1S/C15H22FNO3/c1-5-17(6-2)15(19)11(4)20-14-8-7-12(10(3)18)9-13(14)16/h7-11,18H,5-6H2,1-4H3/t10-,11?/m0/s1. The highest BCUT2D eigenvalue weighted by molar-refractivity contribution is 5.80. The minimum atomic E-state index is -0.748. The second-order valence-corrected chi connectivity index (χ2v) is 4.64. The molecular weight excluding hydrogens is 261 g/mol. The quantitative estimate of drug-likeness (QED) is 0.872. The summed E-state index contributed by atoms with van der Waals surface area (Å²) in [6.45, 7) is 8.10. The Balaban J connectivity index is 2.80. The van der Waals surface area contributed by atoms with Gasteiger partial charge in [0.25, 0.3) is 5.91 Å². The van der Waals surface area contributed by atoms with E-state index < -0.39 is 18.0 Å². The van der Waals surface area contributed by atoms with Crippen LogP contribution in [0.25, 0.3) is 0 Å². The Hall–Kier alpha value is -1.62. The number of nitrogens with zero attached hydrogens (tertiary/aromatic N) is 1. The summed E-state index contributed by atoms with van der Waals surface area (Å²) in [5.74, 6) is -0.737. The fraction of sp³-hybridized carbons (Fsp3) is 0.533. The summed E-state index contributed by atoms with van der Waals surface area (Å²) in [6.07, 6.45) is -1.49. The third kappa shape index (κ3) is 3.93. The van der Waals surface area contributed by atoms with Gasteiger partial charge in [0.1, 0.15) is 0 Å². The highest BCUT2D eigenvalue weighted by Gasteiger charge is 2.21. The first-order valence-corrected chi connectivity index (χ1v) is 6.83. The first-order valence-electron chi connectivity index (χ1n) is 6.83. The van der Waals surface area contributed by atoms with E-state index in [1.807, 2.05) is 13.8 Å². The summed E-state index contributed by atoms with van der Waals surface area (Å²) in [6, 6.07) is 4.23. The van der Waals surface area contributed by atoms with Crippen molar-refractivity contribution in [3.63, 3.8) is 0 Å². The lowest BCUT2D eigenvalue weighted by molar-refractivity contribution is -0.137. The van der Waals surface area contributed by atoms with Crippen LogP contribution in [0.1, 0.15) is 39.4 Å². The summed E-state index contributed by atoms with van der Waals surface area (Å²) < 4.78 is 19.2. The van der Waals surface area contributed by atoms with Crippen molar-refractivity contribution < 1.29 is 19.0 Å². The number of aliphatic hydroxyl groups is 1. The van der Waals surface area contributed by atoms with E-state index in [-0.39, 0.29) is 11.7 Å². The third-order valence-electron chi connectivity index (χ3n) is 3.16. The number of hydrogen-bond acceptors (Lipinski definition) is 3. The van der Waals surface area contributed by atoms with Gasteiger partial charge in [-0.05, 0) is 45.4 Å². The number of carbonyl (C=O) groups is 1. The van der Waals surface area contributed by atoms with Crippen molar-refractivity contribution in [3.8, 4) is 5.75 Å². The molecule has 0 aliphatic carbocycles. The summed E-state index contributed by atoms with van der Waals surface area (Å²) in [4.78, 5) is 13.7. The largest absolute Gasteiger partial charge is 0.478 e. The molecule has 5 heteroatoms. The van der Waals surface area contributed by atoms with Crippen LogP contribution in [0.5, 0.6) is 5.75 Å². The molecule has 2 atom stereocenters. The molecule has 4 nitrogen and oxygen atoms in total. The van der Waals surface area contributed by atoms with Crippen LogP contribution >= 0.6 is 0 Å². The fourth-order valence-corrected chi connectivity index (χ4v) is 1.91. The molecule has 0 spiro atoms. The smallest absolute Gasteiger partial charge is 0.263 e. The lowest BCUT2D eigenvalue weighted by atomic mass is 10.1. The monoisotopic (exact) mass is 283 g/mol. The first-order chi connectivity index (χ1) is 9.40. The van der Waals surface area contributed by atoms with Gasteiger partial charge < -0.3 is 14.7 Å². The predicted molar refractivity (Wildman–Crippen MR) is 75.1 cm³/mol.